The van der Waals surface area contributed by atoms with Crippen molar-refractivity contribution in [1.29, 1.82) is 0 Å². The van der Waals surface area contributed by atoms with Crippen molar-refractivity contribution in [2.24, 2.45) is 0 Å². The van der Waals surface area contributed by atoms with E-state index in [1.165, 1.54) is 10.9 Å². The maximum absolute atomic E-state index is 12.6. The van der Waals surface area contributed by atoms with E-state index in [-0.39, 0.29) is 5.91 Å². The molecule has 0 saturated carbocycles. The number of nitrogens with one attached hydrogen (secondary N) is 1. The monoisotopic (exact) mass is 392 g/mol. The number of ether oxygens (including phenoxy) is 1. The standard InChI is InChI=1S/C23H21ClN2O2/c1-3-26-21-10-5-4-9-19(21)20-14-17(11-12-22(20)26)25-23(27)15(2)28-18-8-6-7-16(24)13-18/h4-15H,3H2,1-2H3,(H,25,27)/t15-/m1/s1. The molecule has 0 radical (unpaired) electrons. The molecule has 1 aromatic heterocycles. The number of rotatable bonds is 5. The number of aromatic nitrogens is 1. The Bertz CT molecular complexity index is 1170. The topological polar surface area (TPSA) is 43.3 Å². The molecular weight excluding hydrogens is 372 g/mol. The van der Waals surface area contributed by atoms with Gasteiger partial charge >= 0.3 is 0 Å². The lowest BCUT2D eigenvalue weighted by atomic mass is 10.1. The van der Waals surface area contributed by atoms with Crippen LogP contribution < -0.4 is 10.1 Å². The van der Waals surface area contributed by atoms with Gasteiger partial charge in [0.15, 0.2) is 6.10 Å². The fourth-order valence-corrected chi connectivity index (χ4v) is 3.69. The van der Waals surface area contributed by atoms with Crippen molar-refractivity contribution in [2.75, 3.05) is 5.32 Å². The third kappa shape index (κ3) is 3.43. The number of nitrogens with zero attached hydrogens (tertiary/aromatic N) is 1. The summed E-state index contributed by atoms with van der Waals surface area (Å²) in [7, 11) is 0. The molecule has 4 aromatic rings. The molecule has 1 amide bonds. The molecule has 0 aliphatic carbocycles. The van der Waals surface area contributed by atoms with Gasteiger partial charge in [0, 0.05) is 39.1 Å². The van der Waals surface area contributed by atoms with Gasteiger partial charge in [-0.15, -0.1) is 0 Å². The minimum absolute atomic E-state index is 0.210. The van der Waals surface area contributed by atoms with Gasteiger partial charge in [0.05, 0.1) is 0 Å². The number of carbonyl (C=O) groups excluding carboxylic acids is 1. The van der Waals surface area contributed by atoms with Crippen LogP contribution in [0.3, 0.4) is 0 Å². The predicted octanol–water partition coefficient (Wildman–Crippen LogP) is 5.87. The lowest BCUT2D eigenvalue weighted by Crippen LogP contribution is -2.30. The molecule has 0 saturated heterocycles. The van der Waals surface area contributed by atoms with Gasteiger partial charge in [0.25, 0.3) is 5.91 Å². The Balaban J connectivity index is 1.59. The summed E-state index contributed by atoms with van der Waals surface area (Å²) in [6.07, 6.45) is -0.647. The van der Waals surface area contributed by atoms with E-state index in [1.54, 1.807) is 31.2 Å². The minimum atomic E-state index is -0.647. The van der Waals surface area contributed by atoms with Gasteiger partial charge < -0.3 is 14.6 Å². The zero-order valence-electron chi connectivity index (χ0n) is 15.8. The Labute approximate surface area is 168 Å². The van der Waals surface area contributed by atoms with Crippen LogP contribution in [0.15, 0.2) is 66.7 Å². The summed E-state index contributed by atoms with van der Waals surface area (Å²) in [6.45, 7) is 4.74. The van der Waals surface area contributed by atoms with Gasteiger partial charge in [-0.3, -0.25) is 4.79 Å². The van der Waals surface area contributed by atoms with Crippen molar-refractivity contribution in [3.8, 4) is 5.75 Å². The molecule has 0 unspecified atom stereocenters. The summed E-state index contributed by atoms with van der Waals surface area (Å²) in [5.74, 6) is 0.357. The molecule has 0 aliphatic heterocycles. The average molecular weight is 393 g/mol. The summed E-state index contributed by atoms with van der Waals surface area (Å²) in [6, 6.07) is 21.3. The molecular formula is C23H21ClN2O2. The van der Waals surface area contributed by atoms with E-state index >= 15 is 0 Å². The number of halogens is 1. The van der Waals surface area contributed by atoms with Crippen LogP contribution in [0.5, 0.6) is 5.75 Å². The molecule has 142 valence electrons. The Morgan fingerprint density at radius 2 is 1.82 bits per heavy atom. The summed E-state index contributed by atoms with van der Waals surface area (Å²) < 4.78 is 7.99. The van der Waals surface area contributed by atoms with Gasteiger partial charge in [-0.25, -0.2) is 0 Å². The number of anilines is 1. The number of carbonyl (C=O) groups is 1. The third-order valence-electron chi connectivity index (χ3n) is 4.83. The fourth-order valence-electron chi connectivity index (χ4n) is 3.51. The number of para-hydroxylation sites is 1. The van der Waals surface area contributed by atoms with Gasteiger partial charge in [-0.05, 0) is 56.3 Å². The lowest BCUT2D eigenvalue weighted by Gasteiger charge is -2.15. The second kappa shape index (κ2) is 7.56. The van der Waals surface area contributed by atoms with E-state index < -0.39 is 6.10 Å². The first-order valence-corrected chi connectivity index (χ1v) is 9.68. The zero-order valence-corrected chi connectivity index (χ0v) is 16.5. The van der Waals surface area contributed by atoms with Crippen molar-refractivity contribution in [3.63, 3.8) is 0 Å². The third-order valence-corrected chi connectivity index (χ3v) is 5.07. The van der Waals surface area contributed by atoms with Crippen molar-refractivity contribution in [3.05, 3.63) is 71.8 Å². The number of fused-ring (bicyclic) bond motifs is 3. The molecule has 1 N–H and O–H groups in total. The predicted molar refractivity (Wildman–Crippen MR) is 115 cm³/mol. The Morgan fingerprint density at radius 1 is 1.04 bits per heavy atom. The van der Waals surface area contributed by atoms with Gasteiger partial charge in [-0.1, -0.05) is 35.9 Å². The summed E-state index contributed by atoms with van der Waals surface area (Å²) >= 11 is 5.97. The molecule has 0 fully saturated rings. The van der Waals surface area contributed by atoms with E-state index in [9.17, 15) is 4.79 Å². The molecule has 0 aliphatic rings. The number of amides is 1. The molecule has 0 bridgehead atoms. The SMILES string of the molecule is CCn1c2ccccc2c2cc(NC(=O)[C@@H](C)Oc3cccc(Cl)c3)ccc21. The van der Waals surface area contributed by atoms with Crippen LogP contribution >= 0.6 is 11.6 Å². The zero-order chi connectivity index (χ0) is 19.7. The highest BCUT2D eigenvalue weighted by atomic mass is 35.5. The van der Waals surface area contributed by atoms with Crippen LogP contribution in [0, 0.1) is 0 Å². The van der Waals surface area contributed by atoms with E-state index in [0.717, 1.165) is 23.1 Å². The molecule has 3 aromatic carbocycles. The summed E-state index contributed by atoms with van der Waals surface area (Å²) in [5, 5.41) is 5.83. The molecule has 4 nitrogen and oxygen atoms in total. The quantitative estimate of drug-likeness (QED) is 0.461. The maximum atomic E-state index is 12.6. The van der Waals surface area contributed by atoms with Crippen LogP contribution in [0.2, 0.25) is 5.02 Å². The van der Waals surface area contributed by atoms with E-state index in [0.29, 0.717) is 10.8 Å². The van der Waals surface area contributed by atoms with Crippen LogP contribution in [0.25, 0.3) is 21.8 Å². The largest absolute Gasteiger partial charge is 0.481 e. The number of hydrogen-bond donors (Lipinski definition) is 1. The molecule has 1 heterocycles. The van der Waals surface area contributed by atoms with E-state index in [1.807, 2.05) is 24.3 Å². The van der Waals surface area contributed by atoms with Gasteiger partial charge in [0.1, 0.15) is 5.75 Å². The van der Waals surface area contributed by atoms with Gasteiger partial charge in [-0.2, -0.15) is 0 Å². The van der Waals surface area contributed by atoms with Crippen LogP contribution in [-0.4, -0.2) is 16.6 Å². The van der Waals surface area contributed by atoms with Crippen LogP contribution in [0.1, 0.15) is 13.8 Å². The molecule has 28 heavy (non-hydrogen) atoms. The van der Waals surface area contributed by atoms with Crippen molar-refractivity contribution < 1.29 is 9.53 Å². The highest BCUT2D eigenvalue weighted by molar-refractivity contribution is 6.30. The number of hydrogen-bond acceptors (Lipinski definition) is 2. The second-order valence-corrected chi connectivity index (χ2v) is 7.14. The van der Waals surface area contributed by atoms with Crippen molar-refractivity contribution >= 4 is 45.0 Å². The van der Waals surface area contributed by atoms with E-state index in [2.05, 4.69) is 35.0 Å². The summed E-state index contributed by atoms with van der Waals surface area (Å²) in [4.78, 5) is 12.6. The maximum Gasteiger partial charge on any atom is 0.265 e. The minimum Gasteiger partial charge on any atom is -0.481 e. The van der Waals surface area contributed by atoms with Crippen molar-refractivity contribution in [2.45, 2.75) is 26.5 Å². The van der Waals surface area contributed by atoms with E-state index in [4.69, 9.17) is 16.3 Å². The first kappa shape index (κ1) is 18.4. The molecule has 0 spiro atoms. The fraction of sp³-hybridized carbons (Fsp3) is 0.174. The van der Waals surface area contributed by atoms with Crippen LogP contribution in [0.4, 0.5) is 5.69 Å². The Kier molecular flexibility index (Phi) is 4.97. The first-order chi connectivity index (χ1) is 13.6. The highest BCUT2D eigenvalue weighted by Gasteiger charge is 2.16. The normalized spacial score (nSPS) is 12.2. The number of benzene rings is 3. The molecule has 1 atom stereocenters. The Morgan fingerprint density at radius 3 is 2.61 bits per heavy atom. The summed E-state index contributed by atoms with van der Waals surface area (Å²) in [5.41, 5.74) is 3.10. The van der Waals surface area contributed by atoms with Crippen molar-refractivity contribution in [1.82, 2.24) is 4.57 Å². The molecule has 5 heteroatoms. The van der Waals surface area contributed by atoms with Gasteiger partial charge in [0.2, 0.25) is 0 Å². The molecule has 4 rings (SSSR count). The first-order valence-electron chi connectivity index (χ1n) is 9.31. The number of aryl methyl sites for hydroxylation is 1. The smallest absolute Gasteiger partial charge is 0.265 e. The Hall–Kier alpha value is -2.98. The van der Waals surface area contributed by atoms with Crippen LogP contribution in [-0.2, 0) is 11.3 Å². The average Bonchev–Trinajstić information content (AvgIpc) is 3.01. The second-order valence-electron chi connectivity index (χ2n) is 6.70. The highest BCUT2D eigenvalue weighted by Crippen LogP contribution is 2.31. The lowest BCUT2D eigenvalue weighted by molar-refractivity contribution is -0.122.